The maximum absolute atomic E-state index is 5.60. The summed E-state index contributed by atoms with van der Waals surface area (Å²) in [6.45, 7) is 0. The van der Waals surface area contributed by atoms with Crippen LogP contribution < -0.4 is 0 Å². The van der Waals surface area contributed by atoms with Crippen LogP contribution in [0.15, 0.2) is 243 Å². The third-order valence-corrected chi connectivity index (χ3v) is 13.1. The molecule has 0 amide bonds. The van der Waals surface area contributed by atoms with Gasteiger partial charge < -0.3 is 4.57 Å². The molecule has 7 aromatic carbocycles. The Morgan fingerprint density at radius 2 is 0.841 bits per heavy atom. The number of pyridine rings is 5. The van der Waals surface area contributed by atoms with Crippen LogP contribution in [-0.4, -0.2) is 29.5 Å². The molecular weight excluding hydrogens is 841 g/mol. The van der Waals surface area contributed by atoms with E-state index >= 15 is 0 Å². The zero-order valence-corrected chi connectivity index (χ0v) is 37.3. The van der Waals surface area contributed by atoms with E-state index in [-0.39, 0.29) is 0 Å². The minimum Gasteiger partial charge on any atom is -0.309 e. The van der Waals surface area contributed by atoms with Crippen LogP contribution >= 0.6 is 0 Å². The van der Waals surface area contributed by atoms with Crippen molar-refractivity contribution in [2.24, 2.45) is 0 Å². The first-order valence-corrected chi connectivity index (χ1v) is 23.1. The summed E-state index contributed by atoms with van der Waals surface area (Å²) in [6.07, 6.45) is 3.60. The standard InChI is InChI=1S/C63H40N6/c1-3-16-43(17-4-1)62-51-34-35-59-61(49-20-7-8-29-58(49)69(59)47-18-5-2-6-19-47)60(51)50-22-13-21-48(63(50)68-62)42-32-30-41(31-33-42)44-38-45(52-25-14-27-56(66-52)54-23-9-11-36-64-54)40-46(39-44)53-26-15-28-57(67-53)55-24-10-12-37-65-55/h1-40H. The lowest BCUT2D eigenvalue weighted by Crippen LogP contribution is -1.95. The van der Waals surface area contributed by atoms with Crippen LogP contribution in [0.2, 0.25) is 0 Å². The maximum Gasteiger partial charge on any atom is 0.0893 e. The molecule has 0 saturated carbocycles. The summed E-state index contributed by atoms with van der Waals surface area (Å²) in [5, 5.41) is 5.87. The molecule has 6 heteroatoms. The van der Waals surface area contributed by atoms with Crippen molar-refractivity contribution < 1.29 is 0 Å². The average Bonchev–Trinajstić information content (AvgIpc) is 3.78. The summed E-state index contributed by atoms with van der Waals surface area (Å²) < 4.78 is 2.39. The number of hydrogen-bond acceptors (Lipinski definition) is 5. The van der Waals surface area contributed by atoms with Crippen molar-refractivity contribution in [3.8, 4) is 84.5 Å². The Labute approximate surface area is 398 Å². The summed E-state index contributed by atoms with van der Waals surface area (Å²) in [5.74, 6) is 0. The van der Waals surface area contributed by atoms with Gasteiger partial charge in [-0.1, -0.05) is 140 Å². The highest BCUT2D eigenvalue weighted by molar-refractivity contribution is 6.30. The van der Waals surface area contributed by atoms with Crippen LogP contribution in [0, 0.1) is 0 Å². The molecule has 6 nitrogen and oxygen atoms in total. The fraction of sp³-hybridized carbons (Fsp3) is 0. The second-order valence-corrected chi connectivity index (χ2v) is 17.2. The van der Waals surface area contributed by atoms with Gasteiger partial charge in [-0.3, -0.25) is 9.97 Å². The van der Waals surface area contributed by atoms with Gasteiger partial charge >= 0.3 is 0 Å². The van der Waals surface area contributed by atoms with Gasteiger partial charge in [-0.05, 0) is 108 Å². The highest BCUT2D eigenvalue weighted by Gasteiger charge is 2.21. The Bertz CT molecular complexity index is 3940. The summed E-state index contributed by atoms with van der Waals surface area (Å²) in [6, 6.07) is 80.7. The normalized spacial score (nSPS) is 11.5. The molecular formula is C63H40N6. The van der Waals surface area contributed by atoms with Gasteiger partial charge in [-0.2, -0.15) is 0 Å². The molecule has 0 unspecified atom stereocenters. The van der Waals surface area contributed by atoms with E-state index in [2.05, 4.69) is 184 Å². The van der Waals surface area contributed by atoms with Crippen LogP contribution in [0.4, 0.5) is 0 Å². The van der Waals surface area contributed by atoms with Crippen molar-refractivity contribution in [2.75, 3.05) is 0 Å². The van der Waals surface area contributed by atoms with Gasteiger partial charge in [0.2, 0.25) is 0 Å². The van der Waals surface area contributed by atoms with E-state index in [0.717, 1.165) is 106 Å². The van der Waals surface area contributed by atoms with Crippen molar-refractivity contribution >= 4 is 43.5 Å². The Kier molecular flexibility index (Phi) is 9.72. The number of aromatic nitrogens is 6. The zero-order valence-electron chi connectivity index (χ0n) is 37.3. The van der Waals surface area contributed by atoms with Crippen molar-refractivity contribution in [1.29, 1.82) is 0 Å². The number of benzene rings is 7. The van der Waals surface area contributed by atoms with Crippen molar-refractivity contribution in [3.63, 3.8) is 0 Å². The van der Waals surface area contributed by atoms with Gasteiger partial charge in [0.05, 0.1) is 56.4 Å². The van der Waals surface area contributed by atoms with E-state index < -0.39 is 0 Å². The van der Waals surface area contributed by atoms with Crippen LogP contribution in [0.5, 0.6) is 0 Å². The van der Waals surface area contributed by atoms with Crippen molar-refractivity contribution in [3.05, 3.63) is 243 Å². The molecule has 6 aromatic heterocycles. The molecule has 0 N–H and O–H groups in total. The van der Waals surface area contributed by atoms with Crippen molar-refractivity contribution in [2.45, 2.75) is 0 Å². The summed E-state index contributed by atoms with van der Waals surface area (Å²) >= 11 is 0. The topological polar surface area (TPSA) is 69.4 Å². The van der Waals surface area contributed by atoms with E-state index in [9.17, 15) is 0 Å². The number of hydrogen-bond donors (Lipinski definition) is 0. The number of rotatable bonds is 8. The van der Waals surface area contributed by atoms with E-state index in [4.69, 9.17) is 15.0 Å². The minimum absolute atomic E-state index is 0.814. The molecule has 0 spiro atoms. The molecule has 6 heterocycles. The Hall–Kier alpha value is -9.39. The van der Waals surface area contributed by atoms with E-state index in [1.54, 1.807) is 12.4 Å². The largest absolute Gasteiger partial charge is 0.309 e. The van der Waals surface area contributed by atoms with Crippen molar-refractivity contribution in [1.82, 2.24) is 29.5 Å². The highest BCUT2D eigenvalue weighted by atomic mass is 15.0. The Morgan fingerprint density at radius 3 is 1.51 bits per heavy atom. The van der Waals surface area contributed by atoms with Crippen LogP contribution in [0.25, 0.3) is 128 Å². The Morgan fingerprint density at radius 1 is 0.290 bits per heavy atom. The third-order valence-electron chi connectivity index (χ3n) is 13.1. The fourth-order valence-electron chi connectivity index (χ4n) is 9.92. The molecule has 13 rings (SSSR count). The molecule has 0 aliphatic carbocycles. The lowest BCUT2D eigenvalue weighted by Gasteiger charge is -2.15. The number of para-hydroxylation sites is 3. The molecule has 0 aliphatic heterocycles. The van der Waals surface area contributed by atoms with Crippen LogP contribution in [0.3, 0.4) is 0 Å². The van der Waals surface area contributed by atoms with Gasteiger partial charge in [0.1, 0.15) is 0 Å². The van der Waals surface area contributed by atoms with E-state index in [0.29, 0.717) is 0 Å². The average molecular weight is 881 g/mol. The lowest BCUT2D eigenvalue weighted by atomic mass is 9.92. The molecule has 0 radical (unpaired) electrons. The first-order chi connectivity index (χ1) is 34.2. The molecule has 0 aliphatic rings. The molecule has 13 aromatic rings. The maximum atomic E-state index is 5.60. The van der Waals surface area contributed by atoms with Gasteiger partial charge in [0.25, 0.3) is 0 Å². The summed E-state index contributed by atoms with van der Waals surface area (Å²) in [5.41, 5.74) is 17.7. The SMILES string of the molecule is c1ccc(-c2nc3c(-c4ccc(-c5cc(-c6cccc(-c7ccccn7)n6)cc(-c6cccc(-c7ccccn7)n6)c5)cc4)cccc3c3c2ccc2c3c3ccccc3n2-c2ccccc2)cc1. The Balaban J connectivity index is 0.983. The van der Waals surface area contributed by atoms with Gasteiger partial charge in [0.15, 0.2) is 0 Å². The molecule has 0 bridgehead atoms. The highest BCUT2D eigenvalue weighted by Crippen LogP contribution is 2.44. The third kappa shape index (κ3) is 7.10. The first kappa shape index (κ1) is 39.9. The first-order valence-electron chi connectivity index (χ1n) is 23.1. The molecule has 0 atom stereocenters. The van der Waals surface area contributed by atoms with E-state index in [1.165, 1.54) is 21.7 Å². The van der Waals surface area contributed by atoms with Crippen LogP contribution in [0.1, 0.15) is 0 Å². The van der Waals surface area contributed by atoms with E-state index in [1.807, 2.05) is 60.7 Å². The van der Waals surface area contributed by atoms with Crippen LogP contribution in [-0.2, 0) is 0 Å². The second-order valence-electron chi connectivity index (χ2n) is 17.2. The number of fused-ring (bicyclic) bond motifs is 7. The monoisotopic (exact) mass is 880 g/mol. The second kappa shape index (κ2) is 16.8. The number of nitrogens with zero attached hydrogens (tertiary/aromatic N) is 6. The minimum atomic E-state index is 0.814. The smallest absolute Gasteiger partial charge is 0.0893 e. The molecule has 0 saturated heterocycles. The predicted octanol–water partition coefficient (Wildman–Crippen LogP) is 15.7. The summed E-state index contributed by atoms with van der Waals surface area (Å²) in [7, 11) is 0. The fourth-order valence-corrected chi connectivity index (χ4v) is 9.92. The predicted molar refractivity (Wildman–Crippen MR) is 283 cm³/mol. The van der Waals surface area contributed by atoms with Gasteiger partial charge in [0, 0.05) is 67.3 Å². The summed E-state index contributed by atoms with van der Waals surface area (Å²) in [4.78, 5) is 25.1. The van der Waals surface area contributed by atoms with Gasteiger partial charge in [-0.15, -0.1) is 0 Å². The van der Waals surface area contributed by atoms with Gasteiger partial charge in [-0.25, -0.2) is 15.0 Å². The molecule has 0 fully saturated rings. The quantitative estimate of drug-likeness (QED) is 0.142. The molecule has 322 valence electrons. The molecule has 69 heavy (non-hydrogen) atoms. The lowest BCUT2D eigenvalue weighted by molar-refractivity contribution is 1.18. The zero-order chi connectivity index (χ0) is 45.7.